The van der Waals surface area contributed by atoms with E-state index in [0.29, 0.717) is 24.0 Å². The van der Waals surface area contributed by atoms with Crippen LogP contribution in [0.25, 0.3) is 11.7 Å². The summed E-state index contributed by atoms with van der Waals surface area (Å²) >= 11 is 5.99. The van der Waals surface area contributed by atoms with Crippen molar-refractivity contribution in [1.29, 1.82) is 0 Å². The van der Waals surface area contributed by atoms with Crippen molar-refractivity contribution in [2.24, 2.45) is 0 Å². The van der Waals surface area contributed by atoms with E-state index in [1.54, 1.807) is 18.4 Å². The van der Waals surface area contributed by atoms with Gasteiger partial charge in [-0.3, -0.25) is 0 Å². The lowest BCUT2D eigenvalue weighted by Crippen LogP contribution is -1.97. The van der Waals surface area contributed by atoms with Crippen LogP contribution in [0.3, 0.4) is 0 Å². The molecule has 0 bridgehead atoms. The summed E-state index contributed by atoms with van der Waals surface area (Å²) < 4.78 is 16.6. The normalized spacial score (nSPS) is 10.8. The first kappa shape index (κ1) is 13.8. The number of oxazole rings is 1. The molecule has 0 aliphatic rings. The maximum atomic E-state index is 5.99. The Morgan fingerprint density at radius 3 is 2.81 bits per heavy atom. The van der Waals surface area contributed by atoms with Gasteiger partial charge in [-0.1, -0.05) is 11.6 Å². The van der Waals surface area contributed by atoms with Crippen LogP contribution in [0.1, 0.15) is 17.0 Å². The van der Waals surface area contributed by atoms with E-state index >= 15 is 0 Å². The first-order chi connectivity index (χ1) is 10.1. The SMILES string of the molecule is Cc1cc(OCc2nc(-c3ccco3)oc2C)ccc1Cl. The Hall–Kier alpha value is -2.20. The van der Waals surface area contributed by atoms with E-state index in [1.165, 1.54) is 0 Å². The molecule has 108 valence electrons. The van der Waals surface area contributed by atoms with Crippen molar-refractivity contribution in [3.05, 3.63) is 58.6 Å². The highest BCUT2D eigenvalue weighted by Crippen LogP contribution is 2.24. The molecule has 3 aromatic rings. The van der Waals surface area contributed by atoms with Crippen molar-refractivity contribution in [3.63, 3.8) is 0 Å². The molecule has 4 nitrogen and oxygen atoms in total. The number of halogens is 1. The minimum atomic E-state index is 0.330. The maximum Gasteiger partial charge on any atom is 0.263 e. The number of aromatic nitrogens is 1. The van der Waals surface area contributed by atoms with E-state index in [0.717, 1.165) is 22.0 Å². The number of hydrogen-bond acceptors (Lipinski definition) is 4. The summed E-state index contributed by atoms with van der Waals surface area (Å²) in [6, 6.07) is 9.14. The minimum absolute atomic E-state index is 0.330. The quantitative estimate of drug-likeness (QED) is 0.695. The molecule has 0 radical (unpaired) electrons. The molecule has 5 heteroatoms. The number of aryl methyl sites for hydroxylation is 2. The molecule has 21 heavy (non-hydrogen) atoms. The lowest BCUT2D eigenvalue weighted by atomic mass is 10.2. The molecule has 0 aliphatic carbocycles. The average Bonchev–Trinajstić information content (AvgIpc) is 3.10. The van der Waals surface area contributed by atoms with E-state index in [9.17, 15) is 0 Å². The van der Waals surface area contributed by atoms with Gasteiger partial charge in [0.15, 0.2) is 5.76 Å². The summed E-state index contributed by atoms with van der Waals surface area (Å²) in [5, 5.41) is 0.722. The van der Waals surface area contributed by atoms with Crippen molar-refractivity contribution in [1.82, 2.24) is 4.98 Å². The van der Waals surface area contributed by atoms with Crippen molar-refractivity contribution < 1.29 is 13.6 Å². The zero-order valence-corrected chi connectivity index (χ0v) is 12.5. The first-order valence-electron chi connectivity index (χ1n) is 6.52. The molecule has 3 rings (SSSR count). The minimum Gasteiger partial charge on any atom is -0.487 e. The Morgan fingerprint density at radius 1 is 1.24 bits per heavy atom. The van der Waals surface area contributed by atoms with E-state index in [2.05, 4.69) is 4.98 Å². The lowest BCUT2D eigenvalue weighted by Gasteiger charge is -2.06. The van der Waals surface area contributed by atoms with Gasteiger partial charge in [-0.25, -0.2) is 4.98 Å². The van der Waals surface area contributed by atoms with E-state index < -0.39 is 0 Å². The molecule has 2 heterocycles. The second-order valence-corrected chi connectivity index (χ2v) is 5.11. The second-order valence-electron chi connectivity index (χ2n) is 4.70. The number of rotatable bonds is 4. The van der Waals surface area contributed by atoms with E-state index in [4.69, 9.17) is 25.2 Å². The third-order valence-corrected chi connectivity index (χ3v) is 3.55. The molecule has 0 N–H and O–H groups in total. The van der Waals surface area contributed by atoms with Crippen LogP contribution in [-0.2, 0) is 6.61 Å². The molecule has 0 aliphatic heterocycles. The van der Waals surface area contributed by atoms with Gasteiger partial charge in [0, 0.05) is 5.02 Å². The van der Waals surface area contributed by atoms with Crippen molar-refractivity contribution >= 4 is 11.6 Å². The van der Waals surface area contributed by atoms with Crippen LogP contribution in [0.2, 0.25) is 5.02 Å². The van der Waals surface area contributed by atoms with Gasteiger partial charge in [-0.15, -0.1) is 0 Å². The predicted molar refractivity (Wildman–Crippen MR) is 79.5 cm³/mol. The summed E-state index contributed by atoms with van der Waals surface area (Å²) in [6.45, 7) is 4.12. The van der Waals surface area contributed by atoms with Gasteiger partial charge in [-0.2, -0.15) is 0 Å². The summed E-state index contributed by atoms with van der Waals surface area (Å²) in [5.41, 5.74) is 1.72. The molecule has 1 aromatic carbocycles. The number of furan rings is 1. The van der Waals surface area contributed by atoms with Gasteiger partial charge in [0.05, 0.1) is 6.26 Å². The zero-order valence-electron chi connectivity index (χ0n) is 11.7. The van der Waals surface area contributed by atoms with Crippen LogP contribution in [-0.4, -0.2) is 4.98 Å². The van der Waals surface area contributed by atoms with Crippen molar-refractivity contribution in [3.8, 4) is 17.4 Å². The highest BCUT2D eigenvalue weighted by molar-refractivity contribution is 6.31. The Bertz CT molecular complexity index is 747. The van der Waals surface area contributed by atoms with E-state index in [-0.39, 0.29) is 0 Å². The first-order valence-corrected chi connectivity index (χ1v) is 6.90. The number of nitrogens with zero attached hydrogens (tertiary/aromatic N) is 1. The van der Waals surface area contributed by atoms with Crippen LogP contribution >= 0.6 is 11.6 Å². The Labute approximate surface area is 127 Å². The monoisotopic (exact) mass is 303 g/mol. The molecule has 2 aromatic heterocycles. The Balaban J connectivity index is 1.74. The summed E-state index contributed by atoms with van der Waals surface area (Å²) in [4.78, 5) is 4.40. The largest absolute Gasteiger partial charge is 0.487 e. The van der Waals surface area contributed by atoms with Crippen molar-refractivity contribution in [2.45, 2.75) is 20.5 Å². The van der Waals surface area contributed by atoms with Crippen LogP contribution in [0.5, 0.6) is 5.75 Å². The van der Waals surface area contributed by atoms with E-state index in [1.807, 2.05) is 32.0 Å². The Kier molecular flexibility index (Phi) is 3.71. The van der Waals surface area contributed by atoms with Gasteiger partial charge >= 0.3 is 0 Å². The molecule has 0 unspecified atom stereocenters. The summed E-state index contributed by atoms with van der Waals surface area (Å²) in [5.74, 6) is 2.53. The number of hydrogen-bond donors (Lipinski definition) is 0. The third kappa shape index (κ3) is 2.95. The van der Waals surface area contributed by atoms with Gasteiger partial charge in [0.1, 0.15) is 23.8 Å². The molecule has 0 spiro atoms. The standard InChI is InChI=1S/C16H14ClNO3/c1-10-8-12(5-6-13(10)17)20-9-14-11(2)21-16(18-14)15-4-3-7-19-15/h3-8H,9H2,1-2H3. The topological polar surface area (TPSA) is 48.4 Å². The molecule has 0 saturated heterocycles. The molecule has 0 fully saturated rings. The summed E-state index contributed by atoms with van der Waals surface area (Å²) in [6.07, 6.45) is 1.58. The molecule has 0 saturated carbocycles. The van der Waals surface area contributed by atoms with Crippen LogP contribution in [0, 0.1) is 13.8 Å². The highest BCUT2D eigenvalue weighted by atomic mass is 35.5. The van der Waals surface area contributed by atoms with Crippen molar-refractivity contribution in [2.75, 3.05) is 0 Å². The summed E-state index contributed by atoms with van der Waals surface area (Å²) in [7, 11) is 0. The predicted octanol–water partition coefficient (Wildman–Crippen LogP) is 4.78. The fraction of sp³-hybridized carbons (Fsp3) is 0.188. The average molecular weight is 304 g/mol. The van der Waals surface area contributed by atoms with Gasteiger partial charge in [0.2, 0.25) is 0 Å². The Morgan fingerprint density at radius 2 is 2.10 bits per heavy atom. The fourth-order valence-corrected chi connectivity index (χ4v) is 2.04. The smallest absolute Gasteiger partial charge is 0.263 e. The van der Waals surface area contributed by atoms with Crippen LogP contribution < -0.4 is 4.74 Å². The van der Waals surface area contributed by atoms with Gasteiger partial charge in [-0.05, 0) is 49.7 Å². The molecule has 0 atom stereocenters. The zero-order chi connectivity index (χ0) is 14.8. The fourth-order valence-electron chi connectivity index (χ4n) is 1.93. The molecule has 0 amide bonds. The van der Waals surface area contributed by atoms with Gasteiger partial charge < -0.3 is 13.6 Å². The highest BCUT2D eigenvalue weighted by Gasteiger charge is 2.13. The molecular formula is C16H14ClNO3. The maximum absolute atomic E-state index is 5.99. The number of ether oxygens (including phenoxy) is 1. The van der Waals surface area contributed by atoms with Crippen LogP contribution in [0.4, 0.5) is 0 Å². The van der Waals surface area contributed by atoms with Gasteiger partial charge in [0.25, 0.3) is 5.89 Å². The third-order valence-electron chi connectivity index (χ3n) is 3.13. The van der Waals surface area contributed by atoms with Crippen LogP contribution in [0.15, 0.2) is 45.4 Å². The second kappa shape index (κ2) is 5.66. The lowest BCUT2D eigenvalue weighted by molar-refractivity contribution is 0.299. The number of benzene rings is 1. The molecular weight excluding hydrogens is 290 g/mol.